The van der Waals surface area contributed by atoms with Gasteiger partial charge in [0.15, 0.2) is 15.6 Å². The Balaban J connectivity index is 1.21. The lowest BCUT2D eigenvalue weighted by molar-refractivity contribution is -0.203. The maximum absolute atomic E-state index is 13.0. The molecule has 2 N–H and O–H groups in total. The van der Waals surface area contributed by atoms with Gasteiger partial charge in [0.25, 0.3) is 0 Å². The van der Waals surface area contributed by atoms with Crippen molar-refractivity contribution in [2.45, 2.75) is 129 Å². The number of ether oxygens (including phenoxy) is 1. The zero-order chi connectivity index (χ0) is 32.2. The van der Waals surface area contributed by atoms with Crippen LogP contribution in [0, 0.1) is 52.3 Å². The molecule has 0 saturated heterocycles. The van der Waals surface area contributed by atoms with Gasteiger partial charge in [-0.05, 0) is 127 Å². The Kier molecular flexibility index (Phi) is 9.48. The Morgan fingerprint density at radius 1 is 1.02 bits per heavy atom. The van der Waals surface area contributed by atoms with Crippen LogP contribution in [0.2, 0.25) is 0 Å². The van der Waals surface area contributed by atoms with Crippen molar-refractivity contribution in [2.24, 2.45) is 52.3 Å². The Labute approximate surface area is 266 Å². The minimum Gasteiger partial charge on any atom is -0.465 e. The van der Waals surface area contributed by atoms with E-state index < -0.39 is 21.6 Å². The van der Waals surface area contributed by atoms with Gasteiger partial charge in [-0.2, -0.15) is 0 Å². The van der Waals surface area contributed by atoms with E-state index in [1.54, 1.807) is 18.2 Å². The third-order valence-corrected chi connectivity index (χ3v) is 14.9. The van der Waals surface area contributed by atoms with Crippen LogP contribution in [0.5, 0.6) is 0 Å². The average molecular weight is 631 g/mol. The molecule has 4 aliphatic rings. The molecule has 44 heavy (non-hydrogen) atoms. The van der Waals surface area contributed by atoms with Crippen LogP contribution in [-0.2, 0) is 24.8 Å². The molecule has 6 nitrogen and oxygen atoms in total. The van der Waals surface area contributed by atoms with Crippen LogP contribution < -0.4 is 0 Å². The van der Waals surface area contributed by atoms with Crippen molar-refractivity contribution in [3.63, 3.8) is 0 Å². The van der Waals surface area contributed by atoms with E-state index in [2.05, 4.69) is 27.7 Å². The number of aliphatic hydroxyl groups is 2. The van der Waals surface area contributed by atoms with Gasteiger partial charge in [-0.25, -0.2) is 8.42 Å². The molecule has 0 aromatic heterocycles. The number of hydrogen-bond donors (Lipinski definition) is 2. The maximum Gasteiger partial charge on any atom is 0.321 e. The standard InChI is InChI=1S/C37H58O6S/c1-8-27-31-21-25(38)14-17-37(31,7)30-15-18-36(6)28(12-13-29(36)33(30)34(27)40)23(2)16-19-43-32(39)22-44(41,42)26-11-9-10-24(20-26)35(3,4)5/h9-11,20,23,25,27-31,33-34,38,40H,8,12-19,21-22H2,1-7H3/t23-,25-,27-,28-,29+,30+,31+,33+,34-,36-,37-/m1/s1. The molecule has 0 amide bonds. The molecule has 1 aromatic carbocycles. The van der Waals surface area contributed by atoms with Crippen LogP contribution in [0.3, 0.4) is 0 Å². The molecule has 0 bridgehead atoms. The lowest BCUT2D eigenvalue weighted by Crippen LogP contribution is -2.62. The monoisotopic (exact) mass is 630 g/mol. The molecular formula is C37H58O6S. The van der Waals surface area contributed by atoms with Crippen molar-refractivity contribution in [1.82, 2.24) is 0 Å². The number of sulfone groups is 1. The van der Waals surface area contributed by atoms with Crippen molar-refractivity contribution in [1.29, 1.82) is 0 Å². The fraction of sp³-hybridized carbons (Fsp3) is 0.811. The van der Waals surface area contributed by atoms with Gasteiger partial charge in [-0.3, -0.25) is 4.79 Å². The van der Waals surface area contributed by atoms with E-state index in [4.69, 9.17) is 4.74 Å². The van der Waals surface area contributed by atoms with Crippen LogP contribution >= 0.6 is 0 Å². The average Bonchev–Trinajstić information content (AvgIpc) is 3.30. The van der Waals surface area contributed by atoms with Crippen molar-refractivity contribution >= 4 is 15.8 Å². The highest BCUT2D eigenvalue weighted by Crippen LogP contribution is 2.69. The Bertz CT molecular complexity index is 1300. The molecule has 0 heterocycles. The maximum atomic E-state index is 13.0. The summed E-state index contributed by atoms with van der Waals surface area (Å²) in [4.78, 5) is 12.8. The molecule has 11 atom stereocenters. The lowest BCUT2D eigenvalue weighted by atomic mass is 9.41. The number of benzene rings is 1. The van der Waals surface area contributed by atoms with Gasteiger partial charge in [0, 0.05) is 0 Å². The largest absolute Gasteiger partial charge is 0.465 e. The first-order valence-electron chi connectivity index (χ1n) is 17.4. The second-order valence-electron chi connectivity index (χ2n) is 16.6. The second-order valence-corrected chi connectivity index (χ2v) is 18.6. The van der Waals surface area contributed by atoms with Gasteiger partial charge in [0.05, 0.1) is 23.7 Å². The molecule has 0 aliphatic heterocycles. The van der Waals surface area contributed by atoms with Crippen LogP contribution in [0.25, 0.3) is 0 Å². The van der Waals surface area contributed by atoms with E-state index in [0.717, 1.165) is 56.9 Å². The van der Waals surface area contributed by atoms with E-state index in [1.807, 2.05) is 26.8 Å². The van der Waals surface area contributed by atoms with E-state index >= 15 is 0 Å². The summed E-state index contributed by atoms with van der Waals surface area (Å²) in [5.41, 5.74) is 1.06. The summed E-state index contributed by atoms with van der Waals surface area (Å²) in [7, 11) is -3.79. The molecule has 0 spiro atoms. The Morgan fingerprint density at radius 3 is 2.39 bits per heavy atom. The van der Waals surface area contributed by atoms with Crippen molar-refractivity contribution in [2.75, 3.05) is 12.4 Å². The van der Waals surface area contributed by atoms with Gasteiger partial charge >= 0.3 is 5.97 Å². The van der Waals surface area contributed by atoms with Crippen LogP contribution in [0.4, 0.5) is 0 Å². The minimum absolute atomic E-state index is 0.142. The molecule has 7 heteroatoms. The summed E-state index contributed by atoms with van der Waals surface area (Å²) in [6.07, 6.45) is 8.48. The van der Waals surface area contributed by atoms with Crippen LogP contribution in [-0.4, -0.2) is 49.2 Å². The third kappa shape index (κ3) is 6.03. The van der Waals surface area contributed by atoms with Gasteiger partial charge in [-0.15, -0.1) is 0 Å². The van der Waals surface area contributed by atoms with E-state index in [0.29, 0.717) is 41.9 Å². The molecule has 5 rings (SSSR count). The van der Waals surface area contributed by atoms with Gasteiger partial charge in [-0.1, -0.05) is 67.0 Å². The predicted molar refractivity (Wildman–Crippen MR) is 174 cm³/mol. The van der Waals surface area contributed by atoms with Crippen molar-refractivity contribution in [3.8, 4) is 0 Å². The number of fused-ring (bicyclic) bond motifs is 5. The quantitative estimate of drug-likeness (QED) is 0.302. The normalized spacial score (nSPS) is 39.6. The third-order valence-electron chi connectivity index (χ3n) is 13.4. The summed E-state index contributed by atoms with van der Waals surface area (Å²) in [6.45, 7) is 15.7. The molecular weight excluding hydrogens is 572 g/mol. The summed E-state index contributed by atoms with van der Waals surface area (Å²) >= 11 is 0. The zero-order valence-electron chi connectivity index (χ0n) is 28.2. The lowest BCUT2D eigenvalue weighted by Gasteiger charge is -2.64. The highest BCUT2D eigenvalue weighted by molar-refractivity contribution is 7.92. The van der Waals surface area contributed by atoms with Crippen LogP contribution in [0.15, 0.2) is 29.2 Å². The van der Waals surface area contributed by atoms with Gasteiger partial charge in [0.2, 0.25) is 0 Å². The number of hydrogen-bond acceptors (Lipinski definition) is 6. The molecule has 4 aliphatic carbocycles. The SMILES string of the molecule is CC[C@H]1[C@@H](O)[C@@H]2[C@H](CC[C@]3(C)[C@@H]([C@H](C)CCOC(=O)CS(=O)(=O)c4cccc(C(C)(C)C)c4)CC[C@@H]23)[C@@]2(C)CC[C@@H](O)C[C@@H]12. The summed E-state index contributed by atoms with van der Waals surface area (Å²) in [5, 5.41) is 22.5. The topological polar surface area (TPSA) is 101 Å². The molecule has 0 radical (unpaired) electrons. The highest BCUT2D eigenvalue weighted by atomic mass is 32.2. The van der Waals surface area contributed by atoms with Crippen LogP contribution in [0.1, 0.15) is 112 Å². The zero-order valence-corrected chi connectivity index (χ0v) is 29.0. The number of carbonyl (C=O) groups is 1. The van der Waals surface area contributed by atoms with Crippen molar-refractivity contribution < 1.29 is 28.2 Å². The number of aliphatic hydroxyl groups excluding tert-OH is 2. The second kappa shape index (κ2) is 12.3. The minimum atomic E-state index is -3.79. The number of carbonyl (C=O) groups excluding carboxylic acids is 1. The summed E-state index contributed by atoms with van der Waals surface area (Å²) < 4.78 is 31.5. The van der Waals surface area contributed by atoms with E-state index in [1.165, 1.54) is 0 Å². The predicted octanol–water partition coefficient (Wildman–Crippen LogP) is 6.95. The summed E-state index contributed by atoms with van der Waals surface area (Å²) in [5.74, 6) is 1.45. The van der Waals surface area contributed by atoms with E-state index in [-0.39, 0.29) is 45.9 Å². The molecule has 248 valence electrons. The molecule has 1 aromatic rings. The molecule has 4 fully saturated rings. The fourth-order valence-electron chi connectivity index (χ4n) is 10.9. The first kappa shape index (κ1) is 33.9. The fourth-order valence-corrected chi connectivity index (χ4v) is 12.1. The van der Waals surface area contributed by atoms with Gasteiger partial charge < -0.3 is 14.9 Å². The Morgan fingerprint density at radius 2 is 1.70 bits per heavy atom. The smallest absolute Gasteiger partial charge is 0.321 e. The molecule has 4 saturated carbocycles. The highest BCUT2D eigenvalue weighted by Gasteiger charge is 2.64. The summed E-state index contributed by atoms with van der Waals surface area (Å²) in [6, 6.07) is 6.86. The number of rotatable bonds is 8. The van der Waals surface area contributed by atoms with E-state index in [9.17, 15) is 23.4 Å². The first-order chi connectivity index (χ1) is 20.5. The molecule has 0 unspecified atom stereocenters. The number of esters is 1. The van der Waals surface area contributed by atoms with Gasteiger partial charge in [0.1, 0.15) is 0 Å². The van der Waals surface area contributed by atoms with Crippen molar-refractivity contribution in [3.05, 3.63) is 29.8 Å². The Hall–Kier alpha value is -1.44. The first-order valence-corrected chi connectivity index (χ1v) is 19.0.